The van der Waals surface area contributed by atoms with E-state index in [-0.39, 0.29) is 18.7 Å². The molecule has 4 aromatic rings. The number of halogens is 1. The molecule has 0 aliphatic carbocycles. The van der Waals surface area contributed by atoms with E-state index in [2.05, 4.69) is 5.32 Å². The number of rotatable bonds is 9. The highest BCUT2D eigenvalue weighted by molar-refractivity contribution is 7.89. The van der Waals surface area contributed by atoms with Crippen LogP contribution in [0.25, 0.3) is 0 Å². The van der Waals surface area contributed by atoms with Crippen molar-refractivity contribution in [2.75, 3.05) is 11.9 Å². The lowest BCUT2D eigenvalue weighted by atomic mass is 10.2. The highest BCUT2D eigenvalue weighted by Crippen LogP contribution is 2.25. The second-order valence-corrected chi connectivity index (χ2v) is 9.86. The number of anilines is 1. The Bertz CT molecular complexity index is 1430. The van der Waals surface area contributed by atoms with Crippen LogP contribution in [-0.2, 0) is 16.6 Å². The van der Waals surface area contributed by atoms with Gasteiger partial charge in [-0.2, -0.15) is 4.31 Å². The van der Waals surface area contributed by atoms with Crippen LogP contribution in [0.3, 0.4) is 0 Å². The van der Waals surface area contributed by atoms with Crippen molar-refractivity contribution in [3.05, 3.63) is 120 Å². The quantitative estimate of drug-likeness (QED) is 0.300. The predicted octanol–water partition coefficient (Wildman–Crippen LogP) is 6.08. The molecular weight excluding hydrogens is 479 g/mol. The fraction of sp³-hybridized carbons (Fsp3) is 0.107. The van der Waals surface area contributed by atoms with Crippen LogP contribution in [0, 0.1) is 5.82 Å². The van der Waals surface area contributed by atoms with E-state index in [4.69, 9.17) is 4.74 Å². The number of sulfonamides is 1. The Morgan fingerprint density at radius 3 is 2.11 bits per heavy atom. The zero-order valence-electron chi connectivity index (χ0n) is 19.6. The van der Waals surface area contributed by atoms with Crippen LogP contribution in [0.1, 0.15) is 22.8 Å². The largest absolute Gasteiger partial charge is 0.457 e. The van der Waals surface area contributed by atoms with Crippen LogP contribution in [0.4, 0.5) is 10.1 Å². The van der Waals surface area contributed by atoms with Crippen molar-refractivity contribution in [2.45, 2.75) is 18.4 Å². The number of nitrogens with one attached hydrogen (secondary N) is 1. The second kappa shape index (κ2) is 11.2. The van der Waals surface area contributed by atoms with Gasteiger partial charge in [-0.25, -0.2) is 12.8 Å². The first-order valence-electron chi connectivity index (χ1n) is 11.3. The molecule has 0 aliphatic rings. The lowest BCUT2D eigenvalue weighted by Gasteiger charge is -2.21. The lowest BCUT2D eigenvalue weighted by Crippen LogP contribution is -2.31. The summed E-state index contributed by atoms with van der Waals surface area (Å²) in [5.74, 6) is -0.204. The first-order chi connectivity index (χ1) is 17.4. The van der Waals surface area contributed by atoms with Crippen LogP contribution in [0.15, 0.2) is 108 Å². The Kier molecular flexibility index (Phi) is 7.77. The molecule has 0 bridgehead atoms. The van der Waals surface area contributed by atoms with Crippen molar-refractivity contribution in [1.82, 2.24) is 4.31 Å². The van der Waals surface area contributed by atoms with Crippen LogP contribution in [-0.4, -0.2) is 25.2 Å². The van der Waals surface area contributed by atoms with E-state index in [9.17, 15) is 17.6 Å². The number of ether oxygens (including phenoxy) is 1. The minimum atomic E-state index is -4.18. The maximum atomic E-state index is 14.7. The van der Waals surface area contributed by atoms with Crippen LogP contribution < -0.4 is 10.1 Å². The van der Waals surface area contributed by atoms with E-state index in [0.29, 0.717) is 17.2 Å². The minimum Gasteiger partial charge on any atom is -0.457 e. The van der Waals surface area contributed by atoms with Crippen molar-refractivity contribution in [3.63, 3.8) is 0 Å². The van der Waals surface area contributed by atoms with Gasteiger partial charge in [-0.05, 0) is 60.2 Å². The number of amides is 1. The van der Waals surface area contributed by atoms with Crippen molar-refractivity contribution in [3.8, 4) is 11.5 Å². The molecule has 0 radical (unpaired) electrons. The minimum absolute atomic E-state index is 0.0235. The first-order valence-corrected chi connectivity index (χ1v) is 12.8. The highest BCUT2D eigenvalue weighted by atomic mass is 32.2. The Labute approximate surface area is 210 Å². The van der Waals surface area contributed by atoms with Crippen LogP contribution >= 0.6 is 0 Å². The van der Waals surface area contributed by atoms with E-state index >= 15 is 0 Å². The maximum absolute atomic E-state index is 14.7. The van der Waals surface area contributed by atoms with Gasteiger partial charge in [-0.1, -0.05) is 55.5 Å². The average molecular weight is 505 g/mol. The van der Waals surface area contributed by atoms with Gasteiger partial charge in [0.25, 0.3) is 5.91 Å². The van der Waals surface area contributed by atoms with Gasteiger partial charge in [0.1, 0.15) is 22.2 Å². The summed E-state index contributed by atoms with van der Waals surface area (Å²) in [5.41, 5.74) is 1.28. The number of carbonyl (C=O) groups is 1. The molecule has 0 saturated carbocycles. The molecular formula is C28H25FN2O4S. The zero-order chi connectivity index (χ0) is 25.5. The molecule has 0 aromatic heterocycles. The molecule has 0 unspecified atom stereocenters. The summed E-state index contributed by atoms with van der Waals surface area (Å²) in [7, 11) is -4.18. The molecule has 0 atom stereocenters. The molecule has 4 aromatic carbocycles. The van der Waals surface area contributed by atoms with Crippen LogP contribution in [0.2, 0.25) is 0 Å². The van der Waals surface area contributed by atoms with Gasteiger partial charge in [-0.3, -0.25) is 4.79 Å². The number of hydrogen-bond donors (Lipinski definition) is 1. The number of benzene rings is 4. The summed E-state index contributed by atoms with van der Waals surface area (Å²) < 4.78 is 48.1. The molecule has 36 heavy (non-hydrogen) atoms. The third-order valence-corrected chi connectivity index (χ3v) is 7.39. The van der Waals surface area contributed by atoms with Gasteiger partial charge >= 0.3 is 0 Å². The third kappa shape index (κ3) is 5.97. The summed E-state index contributed by atoms with van der Waals surface area (Å²) in [6, 6.07) is 28.4. The average Bonchev–Trinajstić information content (AvgIpc) is 2.89. The molecule has 8 heteroatoms. The Morgan fingerprint density at radius 2 is 1.47 bits per heavy atom. The van der Waals surface area contributed by atoms with Crippen molar-refractivity contribution >= 4 is 21.6 Å². The van der Waals surface area contributed by atoms with Gasteiger partial charge in [-0.15, -0.1) is 0 Å². The number of para-hydroxylation sites is 1. The molecule has 0 heterocycles. The lowest BCUT2D eigenvalue weighted by molar-refractivity contribution is 0.102. The molecule has 0 spiro atoms. The summed E-state index contributed by atoms with van der Waals surface area (Å²) in [5, 5.41) is 2.71. The van der Waals surface area contributed by atoms with E-state index in [0.717, 1.165) is 17.7 Å². The predicted molar refractivity (Wildman–Crippen MR) is 137 cm³/mol. The van der Waals surface area contributed by atoms with Gasteiger partial charge in [0.15, 0.2) is 0 Å². The standard InChI is InChI=1S/C28H25FN2O4S/c1-2-31(20-21-9-5-3-6-10-21)36(33,34)27-19-22(13-18-26(27)29)28(32)30-23-14-16-25(17-15-23)35-24-11-7-4-8-12-24/h3-19H,2,20H2,1H3,(H,30,32). The Balaban J connectivity index is 1.50. The Hall–Kier alpha value is -4.01. The molecule has 0 aliphatic heterocycles. The zero-order valence-corrected chi connectivity index (χ0v) is 20.4. The van der Waals surface area contributed by atoms with Gasteiger partial charge < -0.3 is 10.1 Å². The van der Waals surface area contributed by atoms with Crippen molar-refractivity contribution < 1.29 is 22.3 Å². The van der Waals surface area contributed by atoms with Gasteiger partial charge in [0.2, 0.25) is 10.0 Å². The first kappa shape index (κ1) is 25.1. The van der Waals surface area contributed by atoms with E-state index < -0.39 is 26.6 Å². The fourth-order valence-corrected chi connectivity index (χ4v) is 5.10. The molecule has 1 amide bonds. The second-order valence-electron chi connectivity index (χ2n) is 7.96. The smallest absolute Gasteiger partial charge is 0.255 e. The SMILES string of the molecule is CCN(Cc1ccccc1)S(=O)(=O)c1cc(C(=O)Nc2ccc(Oc3ccccc3)cc2)ccc1F. The van der Waals surface area contributed by atoms with Crippen LogP contribution in [0.5, 0.6) is 11.5 Å². The van der Waals surface area contributed by atoms with Gasteiger partial charge in [0, 0.05) is 24.3 Å². The fourth-order valence-electron chi connectivity index (χ4n) is 3.57. The molecule has 6 nitrogen and oxygen atoms in total. The molecule has 4 rings (SSSR count). The normalized spacial score (nSPS) is 11.3. The summed E-state index contributed by atoms with van der Waals surface area (Å²) in [4.78, 5) is 12.3. The summed E-state index contributed by atoms with van der Waals surface area (Å²) in [6.07, 6.45) is 0. The topological polar surface area (TPSA) is 75.7 Å². The number of hydrogen-bond acceptors (Lipinski definition) is 4. The van der Waals surface area contributed by atoms with Crippen molar-refractivity contribution in [2.24, 2.45) is 0 Å². The summed E-state index contributed by atoms with van der Waals surface area (Å²) >= 11 is 0. The molecule has 184 valence electrons. The third-order valence-electron chi connectivity index (χ3n) is 5.46. The molecule has 0 fully saturated rings. The van der Waals surface area contributed by atoms with E-state index in [1.54, 1.807) is 43.3 Å². The molecule has 0 saturated heterocycles. The monoisotopic (exact) mass is 504 g/mol. The van der Waals surface area contributed by atoms with E-state index in [1.807, 2.05) is 48.5 Å². The maximum Gasteiger partial charge on any atom is 0.255 e. The molecule has 1 N–H and O–H groups in total. The summed E-state index contributed by atoms with van der Waals surface area (Å²) in [6.45, 7) is 1.91. The highest BCUT2D eigenvalue weighted by Gasteiger charge is 2.27. The number of nitrogens with zero attached hydrogens (tertiary/aromatic N) is 1. The number of carbonyl (C=O) groups excluding carboxylic acids is 1. The van der Waals surface area contributed by atoms with Gasteiger partial charge in [0.05, 0.1) is 0 Å². The Morgan fingerprint density at radius 1 is 0.861 bits per heavy atom. The van der Waals surface area contributed by atoms with E-state index in [1.165, 1.54) is 10.4 Å². The van der Waals surface area contributed by atoms with Crippen molar-refractivity contribution in [1.29, 1.82) is 0 Å².